The Morgan fingerprint density at radius 1 is 1.15 bits per heavy atom. The Labute approximate surface area is 201 Å². The number of Topliss-reactive ketones (excluding diaryl/α,β-unsaturated/α-hetero) is 1. The van der Waals surface area contributed by atoms with Gasteiger partial charge in [-0.05, 0) is 74.9 Å². The van der Waals surface area contributed by atoms with Crippen LogP contribution in [0.4, 0.5) is 0 Å². The molecule has 5 aliphatic rings. The van der Waals surface area contributed by atoms with Gasteiger partial charge in [-0.1, -0.05) is 6.07 Å². The standard InChI is InChI=1S/C27H37N3O4/c1-28-8-10-29(11-9-28)25(33)13-20-15-27(34)24-12-19-4-5-21(31)14-22(19)26(27,16-23(20)32)6-7-30(24)17-18-2-3-18/h4-5,14,18,20,24,31,34H,2-3,6-13,15-17H2,1H3/t20-,24+,26+,27+/m0/s1. The molecular weight excluding hydrogens is 430 g/mol. The van der Waals surface area contributed by atoms with Crippen molar-refractivity contribution in [3.63, 3.8) is 0 Å². The smallest absolute Gasteiger partial charge is 0.223 e. The van der Waals surface area contributed by atoms with Crippen LogP contribution in [0.1, 0.15) is 49.7 Å². The fourth-order valence-electron chi connectivity index (χ4n) is 7.42. The minimum atomic E-state index is -1.07. The Bertz CT molecular complexity index is 1000. The highest BCUT2D eigenvalue weighted by molar-refractivity contribution is 5.89. The van der Waals surface area contributed by atoms with Gasteiger partial charge < -0.3 is 20.0 Å². The number of fused-ring (bicyclic) bond motifs is 1. The number of amides is 1. The van der Waals surface area contributed by atoms with Crippen molar-refractivity contribution >= 4 is 11.7 Å². The Balaban J connectivity index is 1.31. The Morgan fingerprint density at radius 3 is 2.65 bits per heavy atom. The zero-order valence-corrected chi connectivity index (χ0v) is 20.2. The largest absolute Gasteiger partial charge is 0.508 e. The van der Waals surface area contributed by atoms with Gasteiger partial charge in [-0.15, -0.1) is 0 Å². The van der Waals surface area contributed by atoms with E-state index in [1.165, 1.54) is 12.8 Å². The highest BCUT2D eigenvalue weighted by Crippen LogP contribution is 2.59. The van der Waals surface area contributed by atoms with Crippen LogP contribution in [0, 0.1) is 11.8 Å². The molecule has 3 aliphatic carbocycles. The van der Waals surface area contributed by atoms with Gasteiger partial charge in [0.1, 0.15) is 11.5 Å². The Hall–Kier alpha value is -1.96. The predicted octanol–water partition coefficient (Wildman–Crippen LogP) is 1.54. The molecule has 4 atom stereocenters. The molecule has 7 nitrogen and oxygen atoms in total. The zero-order chi connectivity index (χ0) is 23.7. The van der Waals surface area contributed by atoms with Crippen LogP contribution < -0.4 is 0 Å². The van der Waals surface area contributed by atoms with E-state index in [0.29, 0.717) is 25.9 Å². The number of carbonyl (C=O) groups excluding carboxylic acids is 2. The molecule has 7 heteroatoms. The van der Waals surface area contributed by atoms with Crippen LogP contribution in [-0.2, 0) is 21.4 Å². The minimum absolute atomic E-state index is 0.0415. The molecule has 0 spiro atoms. The summed E-state index contributed by atoms with van der Waals surface area (Å²) < 4.78 is 0. The maximum absolute atomic E-state index is 13.6. The van der Waals surface area contributed by atoms with E-state index in [2.05, 4.69) is 16.8 Å². The number of likely N-dealkylation sites (N-methyl/N-ethyl adjacent to an activating group) is 1. The molecule has 0 unspecified atom stereocenters. The third-order valence-electron chi connectivity index (χ3n) is 9.62. The number of hydrogen-bond acceptors (Lipinski definition) is 6. The number of phenolic OH excluding ortho intramolecular Hbond substituents is 1. The highest BCUT2D eigenvalue weighted by Gasteiger charge is 2.66. The van der Waals surface area contributed by atoms with Gasteiger partial charge in [0.25, 0.3) is 0 Å². The lowest BCUT2D eigenvalue weighted by molar-refractivity contribution is -0.183. The molecule has 184 valence electrons. The third-order valence-corrected chi connectivity index (χ3v) is 9.62. The lowest BCUT2D eigenvalue weighted by atomic mass is 9.47. The average molecular weight is 468 g/mol. The van der Waals surface area contributed by atoms with Crippen molar-refractivity contribution in [1.82, 2.24) is 14.7 Å². The topological polar surface area (TPSA) is 84.3 Å². The second-order valence-electron chi connectivity index (χ2n) is 11.7. The van der Waals surface area contributed by atoms with Crippen LogP contribution in [0.15, 0.2) is 18.2 Å². The quantitative estimate of drug-likeness (QED) is 0.699. The number of likely N-dealkylation sites (tertiary alicyclic amines) is 1. The van der Waals surface area contributed by atoms with E-state index >= 15 is 0 Å². The van der Waals surface area contributed by atoms with Gasteiger partial charge in [-0.3, -0.25) is 14.5 Å². The number of hydrogen-bond donors (Lipinski definition) is 2. The van der Waals surface area contributed by atoms with Crippen molar-refractivity contribution in [2.45, 2.75) is 62.0 Å². The first-order valence-corrected chi connectivity index (χ1v) is 13.1. The molecule has 4 fully saturated rings. The normalized spacial score (nSPS) is 36.2. The number of aliphatic hydroxyl groups is 1. The number of piperazine rings is 1. The molecule has 1 aromatic rings. The van der Waals surface area contributed by atoms with Crippen molar-refractivity contribution in [3.05, 3.63) is 29.3 Å². The summed E-state index contributed by atoms with van der Waals surface area (Å²) in [6, 6.07) is 5.44. The fraction of sp³-hybridized carbons (Fsp3) is 0.704. The van der Waals surface area contributed by atoms with Gasteiger partial charge >= 0.3 is 0 Å². The molecular formula is C27H37N3O4. The first-order chi connectivity index (χ1) is 16.3. The fourth-order valence-corrected chi connectivity index (χ4v) is 7.42. The third kappa shape index (κ3) is 3.50. The predicted molar refractivity (Wildman–Crippen MR) is 128 cm³/mol. The van der Waals surface area contributed by atoms with Gasteiger partial charge in [-0.25, -0.2) is 0 Å². The number of phenols is 1. The summed E-state index contributed by atoms with van der Waals surface area (Å²) in [7, 11) is 2.06. The summed E-state index contributed by atoms with van der Waals surface area (Å²) in [5.74, 6) is 0.608. The lowest BCUT2D eigenvalue weighted by Gasteiger charge is -2.64. The van der Waals surface area contributed by atoms with Crippen molar-refractivity contribution in [2.24, 2.45) is 11.8 Å². The van der Waals surface area contributed by atoms with Crippen molar-refractivity contribution in [1.29, 1.82) is 0 Å². The summed E-state index contributed by atoms with van der Waals surface area (Å²) in [5, 5.41) is 22.8. The first kappa shape index (κ1) is 22.5. The molecule has 34 heavy (non-hydrogen) atoms. The summed E-state index contributed by atoms with van der Waals surface area (Å²) in [6.07, 6.45) is 4.77. The molecule has 2 heterocycles. The molecule has 2 saturated heterocycles. The van der Waals surface area contributed by atoms with Crippen molar-refractivity contribution < 1.29 is 19.8 Å². The van der Waals surface area contributed by atoms with E-state index in [-0.39, 0.29) is 36.3 Å². The summed E-state index contributed by atoms with van der Waals surface area (Å²) in [5.41, 5.74) is 0.360. The van der Waals surface area contributed by atoms with Gasteiger partial charge in [0.05, 0.1) is 5.60 Å². The van der Waals surface area contributed by atoms with Crippen molar-refractivity contribution in [3.8, 4) is 5.75 Å². The van der Waals surface area contributed by atoms with E-state index in [0.717, 1.165) is 49.6 Å². The minimum Gasteiger partial charge on any atom is -0.508 e. The van der Waals surface area contributed by atoms with E-state index in [9.17, 15) is 19.8 Å². The molecule has 2 bridgehead atoms. The van der Waals surface area contributed by atoms with Crippen LogP contribution in [-0.4, -0.2) is 94.6 Å². The number of piperidine rings is 1. The molecule has 0 radical (unpaired) electrons. The van der Waals surface area contributed by atoms with E-state index in [1.54, 1.807) is 12.1 Å². The number of ketones is 1. The average Bonchev–Trinajstić information content (AvgIpc) is 3.62. The summed E-state index contributed by atoms with van der Waals surface area (Å²) in [4.78, 5) is 33.2. The number of nitrogens with zero attached hydrogens (tertiary/aromatic N) is 3. The van der Waals surface area contributed by atoms with E-state index < -0.39 is 16.9 Å². The molecule has 1 aromatic carbocycles. The SMILES string of the molecule is CN1CCN(C(=O)C[C@H]2C[C@@]3(O)[C@H]4Cc5ccc(O)cc5[C@@]3(CCN4CC3CC3)CC2=O)CC1. The van der Waals surface area contributed by atoms with E-state index in [4.69, 9.17) is 0 Å². The zero-order valence-electron chi connectivity index (χ0n) is 20.2. The van der Waals surface area contributed by atoms with Crippen LogP contribution in [0.5, 0.6) is 5.75 Å². The number of rotatable bonds is 4. The second kappa shape index (κ2) is 8.04. The molecule has 2 aliphatic heterocycles. The summed E-state index contributed by atoms with van der Waals surface area (Å²) >= 11 is 0. The van der Waals surface area contributed by atoms with E-state index in [1.807, 2.05) is 11.0 Å². The second-order valence-corrected chi connectivity index (χ2v) is 11.7. The van der Waals surface area contributed by atoms with Crippen LogP contribution in [0.2, 0.25) is 0 Å². The monoisotopic (exact) mass is 467 g/mol. The first-order valence-electron chi connectivity index (χ1n) is 13.1. The lowest BCUT2D eigenvalue weighted by Crippen LogP contribution is -2.74. The maximum Gasteiger partial charge on any atom is 0.223 e. The highest BCUT2D eigenvalue weighted by atomic mass is 16.3. The van der Waals surface area contributed by atoms with Crippen molar-refractivity contribution in [2.75, 3.05) is 46.3 Å². The maximum atomic E-state index is 13.6. The van der Waals surface area contributed by atoms with Crippen LogP contribution in [0.3, 0.4) is 0 Å². The number of benzene rings is 1. The molecule has 1 amide bonds. The van der Waals surface area contributed by atoms with Crippen LogP contribution in [0.25, 0.3) is 0 Å². The molecule has 0 aromatic heterocycles. The number of aromatic hydroxyl groups is 1. The van der Waals surface area contributed by atoms with Gasteiger partial charge in [0, 0.05) is 62.9 Å². The van der Waals surface area contributed by atoms with Gasteiger partial charge in [-0.2, -0.15) is 0 Å². The number of carbonyl (C=O) groups is 2. The molecule has 2 saturated carbocycles. The van der Waals surface area contributed by atoms with Crippen LogP contribution >= 0.6 is 0 Å². The summed E-state index contributed by atoms with van der Waals surface area (Å²) in [6.45, 7) is 5.00. The Kier molecular flexibility index (Phi) is 5.32. The van der Waals surface area contributed by atoms with Gasteiger partial charge in [0.2, 0.25) is 5.91 Å². The van der Waals surface area contributed by atoms with Gasteiger partial charge in [0.15, 0.2) is 0 Å². The molecule has 6 rings (SSSR count). The Morgan fingerprint density at radius 2 is 1.91 bits per heavy atom. The molecule has 2 N–H and O–H groups in total.